The number of carbonyl (C=O) groups is 1. The highest BCUT2D eigenvalue weighted by Gasteiger charge is 2.53. The maximum Gasteiger partial charge on any atom is 0.220 e. The summed E-state index contributed by atoms with van der Waals surface area (Å²) < 4.78 is 34.2. The smallest absolute Gasteiger partial charge is 0.220 e. The molecule has 78 heavy (non-hydrogen) atoms. The molecule has 0 aliphatic carbocycles. The number of unbranched alkanes of at least 4 members (excludes halogenated alkanes) is 30. The zero-order valence-corrected chi connectivity index (χ0v) is 47.9. The molecule has 3 rings (SSSR count). The topological polar surface area (TPSA) is 307 Å². The van der Waals surface area contributed by atoms with Gasteiger partial charge in [0, 0.05) is 6.42 Å². The van der Waals surface area contributed by atoms with Crippen molar-refractivity contribution in [3.8, 4) is 0 Å². The van der Waals surface area contributed by atoms with Gasteiger partial charge < -0.3 is 89.9 Å². The summed E-state index contributed by atoms with van der Waals surface area (Å²) in [5.74, 6) is -0.276. The Hall–Kier alpha value is -1.47. The number of hydrogen-bond acceptors (Lipinski definition) is 18. The van der Waals surface area contributed by atoms with E-state index in [0.29, 0.717) is 6.42 Å². The molecule has 17 atom stereocenters. The molecule has 3 aliphatic heterocycles. The number of ether oxygens (including phenoxy) is 6. The van der Waals surface area contributed by atoms with Crippen LogP contribution in [0.5, 0.6) is 0 Å². The fourth-order valence-corrected chi connectivity index (χ4v) is 10.7. The first-order chi connectivity index (χ1) is 37.8. The summed E-state index contributed by atoms with van der Waals surface area (Å²) in [6.07, 6.45) is 16.4. The number of carbonyl (C=O) groups excluding carboxylic acids is 1. The molecule has 12 N–H and O–H groups in total. The average Bonchev–Trinajstić information content (AvgIpc) is 3.45. The van der Waals surface area contributed by atoms with Gasteiger partial charge in [-0.1, -0.05) is 212 Å². The number of aliphatic hydroxyl groups is 11. The van der Waals surface area contributed by atoms with Crippen LogP contribution in [0.2, 0.25) is 0 Å². The van der Waals surface area contributed by atoms with E-state index in [9.17, 15) is 61.0 Å². The normalized spacial score (nSPS) is 30.5. The van der Waals surface area contributed by atoms with Crippen LogP contribution in [-0.2, 0) is 33.2 Å². The van der Waals surface area contributed by atoms with E-state index < -0.39 is 124 Å². The van der Waals surface area contributed by atoms with Crippen LogP contribution >= 0.6 is 0 Å². The second-order valence-corrected chi connectivity index (χ2v) is 22.5. The van der Waals surface area contributed by atoms with Gasteiger partial charge in [-0.15, -0.1) is 0 Å². The lowest BCUT2D eigenvalue weighted by molar-refractivity contribution is -0.379. The number of aliphatic hydroxyl groups excluding tert-OH is 11. The first-order valence-electron chi connectivity index (χ1n) is 30.9. The van der Waals surface area contributed by atoms with Crippen molar-refractivity contribution >= 4 is 5.91 Å². The molecular weight excluding hydrogens is 1010 g/mol. The average molecular weight is 1120 g/mol. The first kappa shape index (κ1) is 70.8. The number of hydrogen-bond donors (Lipinski definition) is 12. The number of amides is 1. The van der Waals surface area contributed by atoms with Crippen LogP contribution in [0.15, 0.2) is 12.2 Å². The standard InChI is InChI=1S/C59H111NO18/c1-3-5-7-9-11-13-15-16-17-18-19-20-21-22-23-24-25-26-27-28-30-32-34-36-43(64)42(60-47(65)37-35-33-31-29-14-12-10-8-6-4-2)41-73-57-53(71)50(68)55(45(39-62)75-57)78-59-54(72)51(69)56(46(40-63)76-59)77-58-52(70)49(67)48(66)44(38-61)74-58/h34,36,42-46,48-59,61-64,66-72H,3-33,35,37-41H2,1-2H3,(H,60,65)/b36-34+. The lowest BCUT2D eigenvalue weighted by Crippen LogP contribution is -2.66. The highest BCUT2D eigenvalue weighted by Crippen LogP contribution is 2.33. The number of nitrogens with one attached hydrogen (secondary N) is 1. The minimum absolute atomic E-state index is 0.247. The van der Waals surface area contributed by atoms with Crippen molar-refractivity contribution in [2.45, 2.75) is 330 Å². The highest BCUT2D eigenvalue weighted by molar-refractivity contribution is 5.76. The summed E-state index contributed by atoms with van der Waals surface area (Å²) >= 11 is 0. The SMILES string of the molecule is CCCCCCCCCCCCCCCCCCCCCCC/C=C/C(O)C(COC1OC(CO)C(OC2OC(CO)C(OC3OC(CO)C(O)C(O)C3O)C(O)C2O)C(O)C1O)NC(=O)CCCCCCCCCCCC. The molecule has 3 saturated heterocycles. The lowest BCUT2D eigenvalue weighted by Gasteiger charge is -2.48. The summed E-state index contributed by atoms with van der Waals surface area (Å²) in [5, 5.41) is 120. The van der Waals surface area contributed by atoms with Gasteiger partial charge in [0.15, 0.2) is 18.9 Å². The van der Waals surface area contributed by atoms with Gasteiger partial charge in [-0.2, -0.15) is 0 Å². The minimum atomic E-state index is -1.97. The van der Waals surface area contributed by atoms with Crippen LogP contribution in [0.3, 0.4) is 0 Å². The molecule has 17 unspecified atom stereocenters. The largest absolute Gasteiger partial charge is 0.394 e. The van der Waals surface area contributed by atoms with Crippen LogP contribution in [0.25, 0.3) is 0 Å². The summed E-state index contributed by atoms with van der Waals surface area (Å²) in [6, 6.07) is -0.966. The molecule has 19 nitrogen and oxygen atoms in total. The maximum atomic E-state index is 13.3. The molecule has 1 amide bonds. The summed E-state index contributed by atoms with van der Waals surface area (Å²) in [4.78, 5) is 13.3. The zero-order chi connectivity index (χ0) is 56.9. The van der Waals surface area contributed by atoms with E-state index in [4.69, 9.17) is 28.4 Å². The third kappa shape index (κ3) is 26.8. The molecule has 0 aromatic carbocycles. The highest BCUT2D eigenvalue weighted by atomic mass is 16.8. The molecule has 460 valence electrons. The molecule has 3 heterocycles. The molecular formula is C59H111NO18. The second-order valence-electron chi connectivity index (χ2n) is 22.5. The number of allylic oxidation sites excluding steroid dienone is 1. The summed E-state index contributed by atoms with van der Waals surface area (Å²) in [6.45, 7) is 1.72. The van der Waals surface area contributed by atoms with E-state index in [2.05, 4.69) is 19.2 Å². The number of rotatable bonds is 46. The molecule has 0 bridgehead atoms. The molecule has 0 saturated carbocycles. The second kappa shape index (κ2) is 43.2. The van der Waals surface area contributed by atoms with Crippen molar-refractivity contribution in [1.29, 1.82) is 0 Å². The third-order valence-electron chi connectivity index (χ3n) is 15.8. The molecule has 0 aromatic rings. The Kier molecular flexibility index (Phi) is 39.2. The van der Waals surface area contributed by atoms with Gasteiger partial charge in [-0.3, -0.25) is 4.79 Å². The fourth-order valence-electron chi connectivity index (χ4n) is 10.7. The predicted octanol–water partition coefficient (Wildman–Crippen LogP) is 5.77. The van der Waals surface area contributed by atoms with Crippen molar-refractivity contribution in [2.24, 2.45) is 0 Å². The molecule has 19 heteroatoms. The van der Waals surface area contributed by atoms with E-state index in [1.54, 1.807) is 6.08 Å². The Labute approximate surface area is 467 Å². The summed E-state index contributed by atoms with van der Waals surface area (Å²) in [5.41, 5.74) is 0. The molecule has 0 spiro atoms. The van der Waals surface area contributed by atoms with Crippen molar-refractivity contribution in [3.63, 3.8) is 0 Å². The Morgan fingerprint density at radius 1 is 0.449 bits per heavy atom. The van der Waals surface area contributed by atoms with Crippen LogP contribution in [0.1, 0.15) is 226 Å². The Balaban J connectivity index is 1.46. The molecule has 3 aliphatic rings. The van der Waals surface area contributed by atoms with Crippen molar-refractivity contribution < 1.29 is 89.4 Å². The van der Waals surface area contributed by atoms with Gasteiger partial charge in [0.25, 0.3) is 0 Å². The van der Waals surface area contributed by atoms with E-state index in [0.717, 1.165) is 44.9 Å². The van der Waals surface area contributed by atoms with Crippen molar-refractivity contribution in [1.82, 2.24) is 5.32 Å². The van der Waals surface area contributed by atoms with Crippen LogP contribution < -0.4 is 5.32 Å². The van der Waals surface area contributed by atoms with Crippen LogP contribution in [-0.4, -0.2) is 193 Å². The van der Waals surface area contributed by atoms with Gasteiger partial charge in [-0.05, 0) is 19.3 Å². The predicted molar refractivity (Wildman–Crippen MR) is 296 cm³/mol. The van der Waals surface area contributed by atoms with E-state index >= 15 is 0 Å². The Morgan fingerprint density at radius 2 is 0.795 bits per heavy atom. The molecule has 0 radical (unpaired) electrons. The monoisotopic (exact) mass is 1120 g/mol. The van der Waals surface area contributed by atoms with E-state index in [1.807, 2.05) is 6.08 Å². The molecule has 0 aromatic heterocycles. The van der Waals surface area contributed by atoms with Gasteiger partial charge in [0.05, 0.1) is 38.6 Å². The van der Waals surface area contributed by atoms with Crippen molar-refractivity contribution in [2.75, 3.05) is 26.4 Å². The quantitative estimate of drug-likeness (QED) is 0.0254. The van der Waals surface area contributed by atoms with Crippen molar-refractivity contribution in [3.05, 3.63) is 12.2 Å². The Bertz CT molecular complexity index is 1480. The molecule has 3 fully saturated rings. The minimum Gasteiger partial charge on any atom is -0.394 e. The van der Waals surface area contributed by atoms with Crippen LogP contribution in [0, 0.1) is 0 Å². The first-order valence-corrected chi connectivity index (χ1v) is 30.9. The van der Waals surface area contributed by atoms with Gasteiger partial charge in [0.2, 0.25) is 5.91 Å². The lowest BCUT2D eigenvalue weighted by atomic mass is 9.96. The maximum absolute atomic E-state index is 13.3. The van der Waals surface area contributed by atoms with Gasteiger partial charge >= 0.3 is 0 Å². The van der Waals surface area contributed by atoms with Crippen LogP contribution in [0.4, 0.5) is 0 Å². The summed E-state index contributed by atoms with van der Waals surface area (Å²) in [7, 11) is 0. The fraction of sp³-hybridized carbons (Fsp3) is 0.949. The zero-order valence-electron chi connectivity index (χ0n) is 47.9. The third-order valence-corrected chi connectivity index (χ3v) is 15.8. The Morgan fingerprint density at radius 3 is 1.21 bits per heavy atom. The van der Waals surface area contributed by atoms with Gasteiger partial charge in [-0.25, -0.2) is 0 Å². The van der Waals surface area contributed by atoms with E-state index in [-0.39, 0.29) is 18.9 Å². The van der Waals surface area contributed by atoms with E-state index in [1.165, 1.54) is 154 Å². The van der Waals surface area contributed by atoms with Gasteiger partial charge in [0.1, 0.15) is 73.2 Å².